The summed E-state index contributed by atoms with van der Waals surface area (Å²) in [5.41, 5.74) is 7.67. The summed E-state index contributed by atoms with van der Waals surface area (Å²) < 4.78 is 0. The second-order valence-electron chi connectivity index (χ2n) is 7.44. The van der Waals surface area contributed by atoms with Gasteiger partial charge in [0.1, 0.15) is 6.07 Å². The molecule has 0 radical (unpaired) electrons. The molecule has 1 unspecified atom stereocenters. The molecule has 3 aromatic rings. The number of benzene rings is 2. The summed E-state index contributed by atoms with van der Waals surface area (Å²) in [6, 6.07) is 22.5. The van der Waals surface area contributed by atoms with Gasteiger partial charge >= 0.3 is 6.03 Å². The number of carbonyl (C=O) groups is 1. The number of carbonyl (C=O) groups excluding carboxylic acids is 1. The molecule has 1 aliphatic heterocycles. The topological polar surface area (TPSA) is 98.3 Å². The zero-order valence-electron chi connectivity index (χ0n) is 17.1. The number of anilines is 2. The maximum Gasteiger partial charge on any atom is 0.313 e. The average Bonchev–Trinajstić information content (AvgIpc) is 2.84. The second kappa shape index (κ2) is 8.76. The maximum atomic E-state index is 11.7. The molecule has 3 N–H and O–H groups in total. The van der Waals surface area contributed by atoms with Gasteiger partial charge in [-0.25, -0.2) is 4.79 Å². The number of urea groups is 1. The van der Waals surface area contributed by atoms with Gasteiger partial charge in [0.2, 0.25) is 0 Å². The predicted molar refractivity (Wildman–Crippen MR) is 121 cm³/mol. The predicted octanol–water partition coefficient (Wildman–Crippen LogP) is 2.84. The Morgan fingerprint density at radius 2 is 1.39 bits per heavy atom. The Balaban J connectivity index is 1.54. The Bertz CT molecular complexity index is 1060. The van der Waals surface area contributed by atoms with Gasteiger partial charge in [-0.1, -0.05) is 42.5 Å². The van der Waals surface area contributed by atoms with Crippen LogP contribution >= 0.6 is 0 Å². The molecule has 7 nitrogen and oxygen atoms in total. The Labute approximate surface area is 181 Å². The number of nitrogens with one attached hydrogen (secondary N) is 1. The molecule has 1 aliphatic rings. The van der Waals surface area contributed by atoms with Crippen LogP contribution in [0.25, 0.3) is 0 Å². The van der Waals surface area contributed by atoms with Crippen LogP contribution in [0.4, 0.5) is 16.2 Å². The van der Waals surface area contributed by atoms with E-state index in [-0.39, 0.29) is 0 Å². The Hall–Kier alpha value is -4.05. The first-order valence-electron chi connectivity index (χ1n) is 10.2. The molecule has 0 bridgehead atoms. The first-order chi connectivity index (χ1) is 15.1. The van der Waals surface area contributed by atoms with E-state index >= 15 is 0 Å². The fourth-order valence-electron chi connectivity index (χ4n) is 4.04. The summed E-state index contributed by atoms with van der Waals surface area (Å²) in [4.78, 5) is 20.5. The van der Waals surface area contributed by atoms with E-state index in [1.54, 1.807) is 0 Å². The molecule has 0 aliphatic carbocycles. The van der Waals surface area contributed by atoms with Gasteiger partial charge in [0.25, 0.3) is 0 Å². The Morgan fingerprint density at radius 3 is 1.90 bits per heavy atom. The number of amides is 2. The Morgan fingerprint density at radius 1 is 0.871 bits per heavy atom. The van der Waals surface area contributed by atoms with E-state index in [1.807, 2.05) is 79.1 Å². The van der Waals surface area contributed by atoms with Gasteiger partial charge in [-0.05, 0) is 35.4 Å². The fraction of sp³-hybridized carbons (Fsp3) is 0.208. The summed E-state index contributed by atoms with van der Waals surface area (Å²) in [5, 5.41) is 12.7. The lowest BCUT2D eigenvalue weighted by Gasteiger charge is -2.37. The molecule has 2 heterocycles. The highest BCUT2D eigenvalue weighted by molar-refractivity contribution is 5.75. The minimum absolute atomic E-state index is 0.662. The highest BCUT2D eigenvalue weighted by Crippen LogP contribution is 2.31. The number of nitrogens with two attached hydrogens (primary N) is 1. The van der Waals surface area contributed by atoms with Gasteiger partial charge in [-0.15, -0.1) is 0 Å². The number of aromatic nitrogens is 1. The summed E-state index contributed by atoms with van der Waals surface area (Å²) in [7, 11) is 0. The molecule has 31 heavy (non-hydrogen) atoms. The van der Waals surface area contributed by atoms with Crippen molar-refractivity contribution >= 4 is 17.4 Å². The zero-order valence-corrected chi connectivity index (χ0v) is 17.1. The van der Waals surface area contributed by atoms with Crippen LogP contribution < -0.4 is 20.9 Å². The number of hydrogen-bond donors (Lipinski definition) is 2. The van der Waals surface area contributed by atoms with Gasteiger partial charge < -0.3 is 20.9 Å². The van der Waals surface area contributed by atoms with Crippen LogP contribution in [0.5, 0.6) is 0 Å². The first-order valence-corrected chi connectivity index (χ1v) is 10.2. The van der Waals surface area contributed by atoms with Crippen LogP contribution in [0.1, 0.15) is 11.1 Å². The molecule has 0 saturated carbocycles. The number of rotatable bonds is 5. The third kappa shape index (κ3) is 4.14. The molecule has 1 atom stereocenters. The minimum Gasteiger partial charge on any atom is -0.368 e. The number of pyridine rings is 1. The van der Waals surface area contributed by atoms with Crippen molar-refractivity contribution in [3.8, 4) is 6.07 Å². The third-order valence-electron chi connectivity index (χ3n) is 5.66. The SMILES string of the molecule is N#CC(NC(N)=O)(c1ccccc1)c1ccc(N2CCN(c3ccncc3)CC2)cc1. The number of nitrogens with zero attached hydrogens (tertiary/aromatic N) is 4. The van der Waals surface area contributed by atoms with Crippen LogP contribution in [0.2, 0.25) is 0 Å². The molecule has 1 aromatic heterocycles. The van der Waals surface area contributed by atoms with Crippen LogP contribution in [0.3, 0.4) is 0 Å². The Kier molecular flexibility index (Phi) is 5.72. The van der Waals surface area contributed by atoms with E-state index < -0.39 is 11.6 Å². The molecule has 1 fully saturated rings. The van der Waals surface area contributed by atoms with Crippen molar-refractivity contribution in [2.45, 2.75) is 5.54 Å². The minimum atomic E-state index is -1.34. The summed E-state index contributed by atoms with van der Waals surface area (Å²) in [5.74, 6) is 0. The van der Waals surface area contributed by atoms with Gasteiger partial charge in [-0.2, -0.15) is 5.26 Å². The molecule has 4 rings (SSSR count). The van der Waals surface area contributed by atoms with E-state index in [2.05, 4.69) is 26.2 Å². The van der Waals surface area contributed by atoms with Gasteiger partial charge in [0.05, 0.1) is 0 Å². The zero-order chi connectivity index (χ0) is 21.7. The fourth-order valence-corrected chi connectivity index (χ4v) is 4.04. The third-order valence-corrected chi connectivity index (χ3v) is 5.66. The number of primary amides is 1. The van der Waals surface area contributed by atoms with Gasteiger partial charge in [0, 0.05) is 49.9 Å². The van der Waals surface area contributed by atoms with E-state index in [9.17, 15) is 10.1 Å². The number of piperazine rings is 1. The summed E-state index contributed by atoms with van der Waals surface area (Å²) >= 11 is 0. The van der Waals surface area contributed by atoms with Crippen LogP contribution in [0.15, 0.2) is 79.1 Å². The van der Waals surface area contributed by atoms with Crippen molar-refractivity contribution in [1.29, 1.82) is 5.26 Å². The van der Waals surface area contributed by atoms with Crippen LogP contribution in [-0.4, -0.2) is 37.2 Å². The highest BCUT2D eigenvalue weighted by atomic mass is 16.2. The smallest absolute Gasteiger partial charge is 0.313 e. The van der Waals surface area contributed by atoms with Gasteiger partial charge in [-0.3, -0.25) is 4.98 Å². The van der Waals surface area contributed by atoms with Crippen molar-refractivity contribution in [2.75, 3.05) is 36.0 Å². The normalized spacial score (nSPS) is 15.6. The van der Waals surface area contributed by atoms with E-state index in [0.29, 0.717) is 11.1 Å². The van der Waals surface area contributed by atoms with E-state index in [4.69, 9.17) is 5.73 Å². The molecule has 0 spiro atoms. The quantitative estimate of drug-likeness (QED) is 0.671. The lowest BCUT2D eigenvalue weighted by atomic mass is 9.84. The van der Waals surface area contributed by atoms with Crippen molar-refractivity contribution in [1.82, 2.24) is 10.3 Å². The molecule has 2 amide bonds. The second-order valence-corrected chi connectivity index (χ2v) is 7.44. The van der Waals surface area contributed by atoms with Crippen molar-refractivity contribution in [3.05, 3.63) is 90.3 Å². The van der Waals surface area contributed by atoms with Crippen molar-refractivity contribution in [3.63, 3.8) is 0 Å². The van der Waals surface area contributed by atoms with E-state index in [1.165, 1.54) is 5.69 Å². The van der Waals surface area contributed by atoms with Crippen LogP contribution in [0, 0.1) is 11.3 Å². The monoisotopic (exact) mass is 412 g/mol. The lowest BCUT2D eigenvalue weighted by molar-refractivity contribution is 0.243. The van der Waals surface area contributed by atoms with Crippen molar-refractivity contribution in [2.24, 2.45) is 5.73 Å². The highest BCUT2D eigenvalue weighted by Gasteiger charge is 2.36. The summed E-state index contributed by atoms with van der Waals surface area (Å²) in [6.07, 6.45) is 3.63. The molecular weight excluding hydrogens is 388 g/mol. The van der Waals surface area contributed by atoms with E-state index in [0.717, 1.165) is 31.9 Å². The number of hydrogen-bond acceptors (Lipinski definition) is 5. The standard InChI is InChI=1S/C24H24N6O/c25-18-24(28-23(26)31,19-4-2-1-3-5-19)20-6-8-21(9-7-20)29-14-16-30(17-15-29)22-10-12-27-13-11-22/h1-13H,14-17H2,(H3,26,28,31). The van der Waals surface area contributed by atoms with Gasteiger partial charge in [0.15, 0.2) is 5.54 Å². The van der Waals surface area contributed by atoms with Crippen LogP contribution in [-0.2, 0) is 5.54 Å². The van der Waals surface area contributed by atoms with Crippen molar-refractivity contribution < 1.29 is 4.79 Å². The average molecular weight is 412 g/mol. The first kappa shape index (κ1) is 20.2. The molecule has 156 valence electrons. The molecular formula is C24H24N6O. The lowest BCUT2D eigenvalue weighted by Crippen LogP contribution is -2.48. The molecule has 2 aromatic carbocycles. The largest absolute Gasteiger partial charge is 0.368 e. The molecule has 7 heteroatoms. The maximum absolute atomic E-state index is 11.7. The molecule has 1 saturated heterocycles. The number of nitriles is 1. The summed E-state index contributed by atoms with van der Waals surface area (Å²) in [6.45, 7) is 3.62.